The molecule has 2 nitrogen and oxygen atoms in total. The number of hydrogen-bond acceptors (Lipinski definition) is 2. The maximum atomic E-state index is 14.0. The van der Waals surface area contributed by atoms with E-state index in [1.165, 1.54) is 6.07 Å². The average Bonchev–Trinajstić information content (AvgIpc) is 2.67. The minimum absolute atomic E-state index is 0.0956. The lowest BCUT2D eigenvalue weighted by Crippen LogP contribution is -2.38. The minimum atomic E-state index is -0.730. The summed E-state index contributed by atoms with van der Waals surface area (Å²) in [6.07, 6.45) is 4.28. The van der Waals surface area contributed by atoms with Crippen LogP contribution in [0.3, 0.4) is 0 Å². The summed E-state index contributed by atoms with van der Waals surface area (Å²) in [6.45, 7) is 6.00. The topological polar surface area (TPSA) is 6.48 Å². The molecule has 2 rings (SSSR count). The van der Waals surface area contributed by atoms with Gasteiger partial charge in [0.05, 0.1) is 6.67 Å². The number of nitrogens with zero attached hydrogens (tertiary/aromatic N) is 2. The molecule has 1 aromatic rings. The van der Waals surface area contributed by atoms with Crippen molar-refractivity contribution < 1.29 is 8.78 Å². The predicted molar refractivity (Wildman–Crippen MR) is 82.3 cm³/mol. The molecule has 1 atom stereocenters. The summed E-state index contributed by atoms with van der Waals surface area (Å²) >= 11 is 0. The fraction of sp³-hybridized carbons (Fsp3) is 0.647. The highest BCUT2D eigenvalue weighted by Gasteiger charge is 2.23. The molecule has 4 heteroatoms. The van der Waals surface area contributed by atoms with E-state index < -0.39 is 11.6 Å². The van der Waals surface area contributed by atoms with Crippen molar-refractivity contribution in [1.29, 1.82) is 0 Å². The Morgan fingerprint density at radius 2 is 2.10 bits per heavy atom. The maximum Gasteiger partial charge on any atom is 0.162 e. The van der Waals surface area contributed by atoms with E-state index in [4.69, 9.17) is 0 Å². The lowest BCUT2D eigenvalue weighted by atomic mass is 9.94. The van der Waals surface area contributed by atoms with Crippen LogP contribution < -0.4 is 0 Å². The maximum absolute atomic E-state index is 14.0. The minimum Gasteiger partial charge on any atom is -0.294 e. The van der Waals surface area contributed by atoms with E-state index in [0.29, 0.717) is 5.56 Å². The van der Waals surface area contributed by atoms with Gasteiger partial charge in [0.25, 0.3) is 0 Å². The zero-order chi connectivity index (χ0) is 15.2. The smallest absolute Gasteiger partial charge is 0.162 e. The first-order valence-corrected chi connectivity index (χ1v) is 7.96. The van der Waals surface area contributed by atoms with Crippen LogP contribution in [0.15, 0.2) is 18.2 Å². The molecule has 1 fully saturated rings. The van der Waals surface area contributed by atoms with Crippen molar-refractivity contribution in [1.82, 2.24) is 9.80 Å². The third kappa shape index (κ3) is 4.48. The Morgan fingerprint density at radius 1 is 1.29 bits per heavy atom. The summed E-state index contributed by atoms with van der Waals surface area (Å²) in [6, 6.07) is 4.55. The van der Waals surface area contributed by atoms with Gasteiger partial charge >= 0.3 is 0 Å². The van der Waals surface area contributed by atoms with Gasteiger partial charge in [0, 0.05) is 6.54 Å². The monoisotopic (exact) mass is 296 g/mol. The Balaban J connectivity index is 2.07. The zero-order valence-corrected chi connectivity index (χ0v) is 13.1. The summed E-state index contributed by atoms with van der Waals surface area (Å²) in [5.41, 5.74) is 0.542. The molecule has 0 bridgehead atoms. The van der Waals surface area contributed by atoms with Crippen LogP contribution in [0, 0.1) is 11.6 Å². The summed E-state index contributed by atoms with van der Waals surface area (Å²) < 4.78 is 27.5. The first-order chi connectivity index (χ1) is 10.1. The summed E-state index contributed by atoms with van der Waals surface area (Å²) in [7, 11) is 2.12. The normalized spacial score (nSPS) is 20.7. The Labute approximate surface area is 126 Å². The molecule has 1 heterocycles. The summed E-state index contributed by atoms with van der Waals surface area (Å²) in [5, 5.41) is 0. The van der Waals surface area contributed by atoms with Crippen molar-refractivity contribution in [3.05, 3.63) is 35.4 Å². The van der Waals surface area contributed by atoms with Gasteiger partial charge < -0.3 is 0 Å². The molecule has 0 spiro atoms. The molecule has 1 unspecified atom stereocenters. The van der Waals surface area contributed by atoms with Gasteiger partial charge in [0.1, 0.15) is 0 Å². The SMILES string of the molecule is CCCN(C)CN1CCCCC(c2cccc(F)c2F)C1. The van der Waals surface area contributed by atoms with Gasteiger partial charge in [-0.3, -0.25) is 9.80 Å². The molecular formula is C17H26F2N2. The zero-order valence-electron chi connectivity index (χ0n) is 13.1. The molecule has 1 aliphatic rings. The van der Waals surface area contributed by atoms with Crippen molar-refractivity contribution >= 4 is 0 Å². The van der Waals surface area contributed by atoms with E-state index in [9.17, 15) is 8.78 Å². The predicted octanol–water partition coefficient (Wildman–Crippen LogP) is 3.83. The highest BCUT2D eigenvalue weighted by Crippen LogP contribution is 2.29. The van der Waals surface area contributed by atoms with Crippen molar-refractivity contribution in [3.8, 4) is 0 Å². The van der Waals surface area contributed by atoms with E-state index in [1.54, 1.807) is 12.1 Å². The van der Waals surface area contributed by atoms with Gasteiger partial charge in [-0.05, 0) is 56.9 Å². The molecule has 21 heavy (non-hydrogen) atoms. The Bertz CT molecular complexity index is 450. The molecule has 1 saturated heterocycles. The average molecular weight is 296 g/mol. The second-order valence-corrected chi connectivity index (χ2v) is 6.13. The van der Waals surface area contributed by atoms with Crippen LogP contribution in [-0.4, -0.2) is 43.2 Å². The highest BCUT2D eigenvalue weighted by molar-refractivity contribution is 5.23. The van der Waals surface area contributed by atoms with Crippen molar-refractivity contribution in [2.45, 2.75) is 38.5 Å². The number of rotatable bonds is 5. The Kier molecular flexibility index (Phi) is 6.12. The first kappa shape index (κ1) is 16.4. The van der Waals surface area contributed by atoms with Crippen molar-refractivity contribution in [2.24, 2.45) is 0 Å². The van der Waals surface area contributed by atoms with Crippen LogP contribution in [-0.2, 0) is 0 Å². The second kappa shape index (κ2) is 7.85. The van der Waals surface area contributed by atoms with Crippen LogP contribution in [0.25, 0.3) is 0 Å². The van der Waals surface area contributed by atoms with Gasteiger partial charge in [-0.15, -0.1) is 0 Å². The van der Waals surface area contributed by atoms with Gasteiger partial charge in [-0.1, -0.05) is 25.5 Å². The molecule has 0 saturated carbocycles. The molecule has 0 radical (unpaired) electrons. The number of halogens is 2. The van der Waals surface area contributed by atoms with Crippen LogP contribution in [0.5, 0.6) is 0 Å². The van der Waals surface area contributed by atoms with Crippen molar-refractivity contribution in [2.75, 3.05) is 33.4 Å². The Morgan fingerprint density at radius 3 is 2.86 bits per heavy atom. The summed E-state index contributed by atoms with van der Waals surface area (Å²) in [4.78, 5) is 4.67. The molecule has 0 amide bonds. The second-order valence-electron chi connectivity index (χ2n) is 6.13. The van der Waals surface area contributed by atoms with Gasteiger partial charge in [-0.2, -0.15) is 0 Å². The van der Waals surface area contributed by atoms with Crippen molar-refractivity contribution in [3.63, 3.8) is 0 Å². The number of likely N-dealkylation sites (tertiary alicyclic amines) is 1. The molecule has 1 aliphatic heterocycles. The molecular weight excluding hydrogens is 270 g/mol. The van der Waals surface area contributed by atoms with E-state index >= 15 is 0 Å². The summed E-state index contributed by atoms with van der Waals surface area (Å²) in [5.74, 6) is -1.30. The van der Waals surface area contributed by atoms with Crippen LogP contribution in [0.1, 0.15) is 44.1 Å². The fourth-order valence-electron chi connectivity index (χ4n) is 3.23. The molecule has 0 aliphatic carbocycles. The molecule has 0 aromatic heterocycles. The Hall–Kier alpha value is -1.00. The highest BCUT2D eigenvalue weighted by atomic mass is 19.2. The number of benzene rings is 1. The standard InChI is InChI=1S/C17H26F2N2/c1-3-10-20(2)13-21-11-5-4-7-14(12-21)15-8-6-9-16(18)17(15)19/h6,8-9,14H,3-5,7,10-13H2,1-2H3. The molecule has 118 valence electrons. The van der Waals surface area contributed by atoms with Gasteiger partial charge in [0.15, 0.2) is 11.6 Å². The van der Waals surface area contributed by atoms with Crippen LogP contribution in [0.4, 0.5) is 8.78 Å². The van der Waals surface area contributed by atoms with Crippen LogP contribution >= 0.6 is 0 Å². The number of hydrogen-bond donors (Lipinski definition) is 0. The van der Waals surface area contributed by atoms with E-state index in [2.05, 4.69) is 23.8 Å². The van der Waals surface area contributed by atoms with Gasteiger partial charge in [-0.25, -0.2) is 8.78 Å². The fourth-order valence-corrected chi connectivity index (χ4v) is 3.23. The lowest BCUT2D eigenvalue weighted by Gasteiger charge is -2.29. The third-order valence-electron chi connectivity index (χ3n) is 4.22. The third-order valence-corrected chi connectivity index (χ3v) is 4.22. The quantitative estimate of drug-likeness (QED) is 0.814. The van der Waals surface area contributed by atoms with Gasteiger partial charge in [0.2, 0.25) is 0 Å². The largest absolute Gasteiger partial charge is 0.294 e. The van der Waals surface area contributed by atoms with E-state index in [-0.39, 0.29) is 5.92 Å². The van der Waals surface area contributed by atoms with E-state index in [0.717, 1.165) is 52.0 Å². The molecule has 1 aromatic carbocycles. The van der Waals surface area contributed by atoms with E-state index in [1.807, 2.05) is 0 Å². The molecule has 0 N–H and O–H groups in total. The van der Waals surface area contributed by atoms with Crippen LogP contribution in [0.2, 0.25) is 0 Å². The lowest BCUT2D eigenvalue weighted by molar-refractivity contribution is 0.153. The first-order valence-electron chi connectivity index (χ1n) is 7.96.